The van der Waals surface area contributed by atoms with E-state index >= 15 is 0 Å². The monoisotopic (exact) mass is 316 g/mol. The van der Waals surface area contributed by atoms with E-state index in [-0.39, 0.29) is 18.4 Å². The van der Waals surface area contributed by atoms with Gasteiger partial charge in [-0.2, -0.15) is 0 Å². The highest BCUT2D eigenvalue weighted by molar-refractivity contribution is 5.88. The summed E-state index contributed by atoms with van der Waals surface area (Å²) >= 11 is 0. The Bertz CT molecular complexity index is 737. The average molecular weight is 316 g/mol. The van der Waals surface area contributed by atoms with Crippen molar-refractivity contribution in [2.24, 2.45) is 0 Å². The summed E-state index contributed by atoms with van der Waals surface area (Å²) in [4.78, 5) is 25.6. The van der Waals surface area contributed by atoms with Crippen LogP contribution in [0.1, 0.15) is 18.2 Å². The van der Waals surface area contributed by atoms with Crippen LogP contribution in [0.15, 0.2) is 28.7 Å². The number of carbonyl (C=O) groups is 2. The molecule has 0 spiro atoms. The molecule has 23 heavy (non-hydrogen) atoms. The van der Waals surface area contributed by atoms with E-state index in [1.54, 1.807) is 4.90 Å². The Morgan fingerprint density at radius 2 is 2.13 bits per heavy atom. The van der Waals surface area contributed by atoms with Crippen LogP contribution in [0.25, 0.3) is 11.0 Å². The normalized spacial score (nSPS) is 18.2. The minimum Gasteiger partial charge on any atom is -0.461 e. The summed E-state index contributed by atoms with van der Waals surface area (Å²) in [7, 11) is 0. The minimum atomic E-state index is -0.570. The zero-order valence-electron chi connectivity index (χ0n) is 13.3. The minimum absolute atomic E-state index is 0.113. The number of furan rings is 1. The molecule has 2 heterocycles. The van der Waals surface area contributed by atoms with Crippen molar-refractivity contribution < 1.29 is 18.7 Å². The SMILES string of the molecule is CC(=O)N1CCOCC1C(=O)NCc1c(C)oc2ccccc12. The Morgan fingerprint density at radius 3 is 2.91 bits per heavy atom. The summed E-state index contributed by atoms with van der Waals surface area (Å²) in [6.07, 6.45) is 0. The Balaban J connectivity index is 1.73. The molecule has 1 aromatic carbocycles. The number of amides is 2. The number of benzene rings is 1. The van der Waals surface area contributed by atoms with E-state index in [4.69, 9.17) is 9.15 Å². The van der Waals surface area contributed by atoms with Gasteiger partial charge in [-0.05, 0) is 13.0 Å². The summed E-state index contributed by atoms with van der Waals surface area (Å²) in [6, 6.07) is 7.16. The van der Waals surface area contributed by atoms with Gasteiger partial charge in [-0.3, -0.25) is 9.59 Å². The summed E-state index contributed by atoms with van der Waals surface area (Å²) in [5.74, 6) is 0.470. The van der Waals surface area contributed by atoms with E-state index in [9.17, 15) is 9.59 Å². The number of hydrogen-bond donors (Lipinski definition) is 1. The third-order valence-electron chi connectivity index (χ3n) is 4.18. The van der Waals surface area contributed by atoms with Gasteiger partial charge in [0.15, 0.2) is 0 Å². The molecule has 1 N–H and O–H groups in total. The van der Waals surface area contributed by atoms with Crippen LogP contribution in [0, 0.1) is 6.92 Å². The smallest absolute Gasteiger partial charge is 0.245 e. The van der Waals surface area contributed by atoms with Crippen LogP contribution in [-0.2, 0) is 20.9 Å². The summed E-state index contributed by atoms with van der Waals surface area (Å²) in [5, 5.41) is 3.89. The molecule has 3 rings (SSSR count). The van der Waals surface area contributed by atoms with Gasteiger partial charge in [0, 0.05) is 31.0 Å². The first-order valence-electron chi connectivity index (χ1n) is 7.67. The molecule has 0 radical (unpaired) electrons. The van der Waals surface area contributed by atoms with Crippen molar-refractivity contribution in [3.05, 3.63) is 35.6 Å². The Kier molecular flexibility index (Phi) is 4.34. The number of aryl methyl sites for hydroxylation is 1. The lowest BCUT2D eigenvalue weighted by molar-refractivity contribution is -0.147. The molecule has 1 atom stereocenters. The number of para-hydroxylation sites is 1. The summed E-state index contributed by atoms with van der Waals surface area (Å²) < 4.78 is 11.0. The molecule has 1 aliphatic rings. The Labute approximate surface area is 134 Å². The molecule has 6 heteroatoms. The van der Waals surface area contributed by atoms with E-state index in [0.29, 0.717) is 19.7 Å². The molecule has 1 unspecified atom stereocenters. The second kappa shape index (κ2) is 6.42. The van der Waals surface area contributed by atoms with Gasteiger partial charge < -0.3 is 19.4 Å². The molecular formula is C17H20N2O4. The molecule has 122 valence electrons. The van der Waals surface area contributed by atoms with Gasteiger partial charge in [0.2, 0.25) is 11.8 Å². The maximum atomic E-state index is 12.4. The van der Waals surface area contributed by atoms with Gasteiger partial charge in [-0.25, -0.2) is 0 Å². The molecule has 0 aliphatic carbocycles. The van der Waals surface area contributed by atoms with Gasteiger partial charge in [0.1, 0.15) is 17.4 Å². The fourth-order valence-corrected chi connectivity index (χ4v) is 2.93. The zero-order chi connectivity index (χ0) is 16.4. The lowest BCUT2D eigenvalue weighted by Crippen LogP contribution is -2.55. The van der Waals surface area contributed by atoms with Crippen LogP contribution < -0.4 is 5.32 Å². The number of hydrogen-bond acceptors (Lipinski definition) is 4. The molecule has 1 saturated heterocycles. The summed E-state index contributed by atoms with van der Waals surface area (Å²) in [6.45, 7) is 4.86. The third kappa shape index (κ3) is 3.07. The first kappa shape index (κ1) is 15.6. The standard InChI is InChI=1S/C17H20N2O4/c1-11-14(13-5-3-4-6-16(13)23-11)9-18-17(21)15-10-22-8-7-19(15)12(2)20/h3-6,15H,7-10H2,1-2H3,(H,18,21). The van der Waals surface area contributed by atoms with Gasteiger partial charge in [-0.15, -0.1) is 0 Å². The van der Waals surface area contributed by atoms with Crippen molar-refractivity contribution >= 4 is 22.8 Å². The van der Waals surface area contributed by atoms with Gasteiger partial charge in [0.05, 0.1) is 13.2 Å². The van der Waals surface area contributed by atoms with Crippen LogP contribution in [0.4, 0.5) is 0 Å². The number of rotatable bonds is 3. The lowest BCUT2D eigenvalue weighted by atomic mass is 10.1. The van der Waals surface area contributed by atoms with E-state index in [2.05, 4.69) is 5.32 Å². The number of nitrogens with one attached hydrogen (secondary N) is 1. The molecule has 2 aromatic rings. The molecule has 1 aromatic heterocycles. The quantitative estimate of drug-likeness (QED) is 0.934. The van der Waals surface area contributed by atoms with Crippen molar-refractivity contribution in [2.75, 3.05) is 19.8 Å². The van der Waals surface area contributed by atoms with Crippen LogP contribution in [-0.4, -0.2) is 42.5 Å². The predicted octanol–water partition coefficient (Wildman–Crippen LogP) is 1.60. The van der Waals surface area contributed by atoms with Crippen LogP contribution >= 0.6 is 0 Å². The number of carbonyl (C=O) groups excluding carboxylic acids is 2. The number of ether oxygens (including phenoxy) is 1. The first-order valence-corrected chi connectivity index (χ1v) is 7.67. The highest BCUT2D eigenvalue weighted by atomic mass is 16.5. The number of morpholine rings is 1. The van der Waals surface area contributed by atoms with Gasteiger partial charge in [0.25, 0.3) is 0 Å². The van der Waals surface area contributed by atoms with E-state index < -0.39 is 6.04 Å². The number of fused-ring (bicyclic) bond motifs is 1. The molecule has 6 nitrogen and oxygen atoms in total. The zero-order valence-corrected chi connectivity index (χ0v) is 13.3. The molecule has 1 aliphatic heterocycles. The maximum Gasteiger partial charge on any atom is 0.245 e. The van der Waals surface area contributed by atoms with Crippen molar-refractivity contribution in [3.8, 4) is 0 Å². The van der Waals surface area contributed by atoms with E-state index in [1.807, 2.05) is 31.2 Å². The van der Waals surface area contributed by atoms with Crippen molar-refractivity contribution in [3.63, 3.8) is 0 Å². The highest BCUT2D eigenvalue weighted by Crippen LogP contribution is 2.25. The summed E-state index contributed by atoms with van der Waals surface area (Å²) in [5.41, 5.74) is 1.76. The predicted molar refractivity (Wildman–Crippen MR) is 84.8 cm³/mol. The Hall–Kier alpha value is -2.34. The largest absolute Gasteiger partial charge is 0.461 e. The topological polar surface area (TPSA) is 71.8 Å². The van der Waals surface area contributed by atoms with Gasteiger partial charge >= 0.3 is 0 Å². The molecule has 0 saturated carbocycles. The van der Waals surface area contributed by atoms with Crippen LogP contribution in [0.2, 0.25) is 0 Å². The molecule has 1 fully saturated rings. The van der Waals surface area contributed by atoms with Crippen molar-refractivity contribution in [2.45, 2.75) is 26.4 Å². The maximum absolute atomic E-state index is 12.4. The van der Waals surface area contributed by atoms with Crippen molar-refractivity contribution in [1.82, 2.24) is 10.2 Å². The second-order valence-electron chi connectivity index (χ2n) is 5.65. The molecular weight excluding hydrogens is 296 g/mol. The second-order valence-corrected chi connectivity index (χ2v) is 5.65. The first-order chi connectivity index (χ1) is 11.1. The van der Waals surface area contributed by atoms with Crippen LogP contribution in [0.5, 0.6) is 0 Å². The Morgan fingerprint density at radius 1 is 1.35 bits per heavy atom. The van der Waals surface area contributed by atoms with Crippen LogP contribution in [0.3, 0.4) is 0 Å². The number of nitrogens with zero attached hydrogens (tertiary/aromatic N) is 1. The fraction of sp³-hybridized carbons (Fsp3) is 0.412. The average Bonchev–Trinajstić information content (AvgIpc) is 2.88. The fourth-order valence-electron chi connectivity index (χ4n) is 2.93. The van der Waals surface area contributed by atoms with E-state index in [0.717, 1.165) is 22.3 Å². The molecule has 2 amide bonds. The van der Waals surface area contributed by atoms with Gasteiger partial charge in [-0.1, -0.05) is 18.2 Å². The van der Waals surface area contributed by atoms with Crippen molar-refractivity contribution in [1.29, 1.82) is 0 Å². The molecule has 0 bridgehead atoms. The lowest BCUT2D eigenvalue weighted by Gasteiger charge is -2.33. The highest BCUT2D eigenvalue weighted by Gasteiger charge is 2.31. The van der Waals surface area contributed by atoms with E-state index in [1.165, 1.54) is 6.92 Å². The third-order valence-corrected chi connectivity index (χ3v) is 4.18.